The Balaban J connectivity index is 2.24. The molecule has 2 aromatic carbocycles. The summed E-state index contributed by atoms with van der Waals surface area (Å²) >= 11 is 9.60. The number of aryl methyl sites for hydroxylation is 1. The van der Waals surface area contributed by atoms with Crippen LogP contribution in [-0.2, 0) is 0 Å². The largest absolute Gasteiger partial charge is 0.492 e. The van der Waals surface area contributed by atoms with Crippen LogP contribution in [0.3, 0.4) is 0 Å². The summed E-state index contributed by atoms with van der Waals surface area (Å²) in [5.41, 5.74) is 2.57. The van der Waals surface area contributed by atoms with Crippen molar-refractivity contribution in [3.8, 4) is 5.75 Å². The minimum Gasteiger partial charge on any atom is -0.492 e. The first-order valence-corrected chi connectivity index (χ1v) is 8.06. The highest BCUT2D eigenvalue weighted by Gasteiger charge is 2.13. The zero-order valence-electron chi connectivity index (χ0n) is 12.1. The van der Waals surface area contributed by atoms with Gasteiger partial charge in [-0.2, -0.15) is 0 Å². The van der Waals surface area contributed by atoms with Crippen molar-refractivity contribution < 1.29 is 9.84 Å². The van der Waals surface area contributed by atoms with E-state index in [-0.39, 0.29) is 0 Å². The van der Waals surface area contributed by atoms with Gasteiger partial charge in [0.15, 0.2) is 0 Å². The lowest BCUT2D eigenvalue weighted by Crippen LogP contribution is -2.01. The molecule has 0 aliphatic rings. The molecule has 0 amide bonds. The number of benzene rings is 2. The molecule has 1 atom stereocenters. The molecule has 4 heteroatoms. The van der Waals surface area contributed by atoms with Crippen LogP contribution < -0.4 is 4.74 Å². The maximum absolute atomic E-state index is 10.5. The summed E-state index contributed by atoms with van der Waals surface area (Å²) in [4.78, 5) is 0. The van der Waals surface area contributed by atoms with Crippen LogP contribution in [0.1, 0.15) is 36.1 Å². The van der Waals surface area contributed by atoms with Crippen LogP contribution in [-0.4, -0.2) is 11.7 Å². The number of hydrogen-bond donors (Lipinski definition) is 1. The summed E-state index contributed by atoms with van der Waals surface area (Å²) in [6, 6.07) is 11.2. The van der Waals surface area contributed by atoms with Gasteiger partial charge in [0.25, 0.3) is 0 Å². The second kappa shape index (κ2) is 7.30. The molecule has 0 fully saturated rings. The Morgan fingerprint density at radius 3 is 2.48 bits per heavy atom. The fourth-order valence-electron chi connectivity index (χ4n) is 1.99. The molecule has 0 aliphatic heterocycles. The fraction of sp³-hybridized carbons (Fsp3) is 0.294. The average Bonchev–Trinajstić information content (AvgIpc) is 2.48. The van der Waals surface area contributed by atoms with Crippen molar-refractivity contribution in [2.45, 2.75) is 26.4 Å². The van der Waals surface area contributed by atoms with Crippen LogP contribution >= 0.6 is 27.5 Å². The molecule has 0 radical (unpaired) electrons. The monoisotopic (exact) mass is 368 g/mol. The van der Waals surface area contributed by atoms with E-state index in [0.717, 1.165) is 33.3 Å². The quantitative estimate of drug-likeness (QED) is 0.777. The lowest BCUT2D eigenvalue weighted by molar-refractivity contribution is 0.220. The molecule has 0 bridgehead atoms. The van der Waals surface area contributed by atoms with Crippen molar-refractivity contribution >= 4 is 27.5 Å². The average molecular weight is 370 g/mol. The van der Waals surface area contributed by atoms with E-state index >= 15 is 0 Å². The van der Waals surface area contributed by atoms with Crippen molar-refractivity contribution in [2.24, 2.45) is 0 Å². The van der Waals surface area contributed by atoms with Crippen LogP contribution in [0.5, 0.6) is 5.75 Å². The highest BCUT2D eigenvalue weighted by Crippen LogP contribution is 2.32. The summed E-state index contributed by atoms with van der Waals surface area (Å²) in [5, 5.41) is 11.1. The number of hydrogen-bond acceptors (Lipinski definition) is 2. The molecule has 0 aliphatic carbocycles. The van der Waals surface area contributed by atoms with E-state index in [1.165, 1.54) is 0 Å². The smallest absolute Gasteiger partial charge is 0.133 e. The Labute approximate surface area is 138 Å². The fourth-order valence-corrected chi connectivity index (χ4v) is 2.69. The molecule has 2 aromatic rings. The molecule has 0 saturated heterocycles. The summed E-state index contributed by atoms with van der Waals surface area (Å²) in [7, 11) is 0. The number of ether oxygens (including phenoxy) is 1. The van der Waals surface area contributed by atoms with E-state index in [9.17, 15) is 5.11 Å². The third-order valence-electron chi connectivity index (χ3n) is 3.24. The first-order chi connectivity index (χ1) is 10.0. The highest BCUT2D eigenvalue weighted by molar-refractivity contribution is 9.10. The van der Waals surface area contributed by atoms with E-state index in [4.69, 9.17) is 16.3 Å². The summed E-state index contributed by atoms with van der Waals surface area (Å²) in [6.07, 6.45) is 0.248. The number of aliphatic hydroxyl groups is 1. The topological polar surface area (TPSA) is 29.5 Å². The Morgan fingerprint density at radius 1 is 1.19 bits per heavy atom. The normalized spacial score (nSPS) is 12.2. The summed E-state index contributed by atoms with van der Waals surface area (Å²) < 4.78 is 6.45. The minimum absolute atomic E-state index is 0.661. The standard InChI is InChI=1S/C17H18BrClO2/c1-3-8-21-16-7-6-12(9-14(16)18)17(20)13-5-4-11(2)15(19)10-13/h4-7,9-10,17,20H,3,8H2,1-2H3. The Hall–Kier alpha value is -1.03. The van der Waals surface area contributed by atoms with Gasteiger partial charge in [0.05, 0.1) is 11.1 Å². The number of rotatable bonds is 5. The van der Waals surface area contributed by atoms with Crippen LogP contribution in [0.2, 0.25) is 5.02 Å². The first-order valence-electron chi connectivity index (χ1n) is 6.89. The predicted molar refractivity (Wildman–Crippen MR) is 90.2 cm³/mol. The highest BCUT2D eigenvalue weighted by atomic mass is 79.9. The molecule has 2 nitrogen and oxygen atoms in total. The van der Waals surface area contributed by atoms with E-state index in [0.29, 0.717) is 11.6 Å². The van der Waals surface area contributed by atoms with Crippen molar-refractivity contribution in [1.29, 1.82) is 0 Å². The molecular formula is C17H18BrClO2. The zero-order chi connectivity index (χ0) is 15.4. The van der Waals surface area contributed by atoms with Gasteiger partial charge >= 0.3 is 0 Å². The van der Waals surface area contributed by atoms with Gasteiger partial charge < -0.3 is 9.84 Å². The van der Waals surface area contributed by atoms with Gasteiger partial charge in [-0.15, -0.1) is 0 Å². The summed E-state index contributed by atoms with van der Waals surface area (Å²) in [5.74, 6) is 0.787. The van der Waals surface area contributed by atoms with Crippen molar-refractivity contribution in [3.63, 3.8) is 0 Å². The number of halogens is 2. The lowest BCUT2D eigenvalue weighted by Gasteiger charge is -2.15. The lowest BCUT2D eigenvalue weighted by atomic mass is 10.0. The van der Waals surface area contributed by atoms with Crippen LogP contribution in [0, 0.1) is 6.92 Å². The third-order valence-corrected chi connectivity index (χ3v) is 4.27. The Kier molecular flexibility index (Phi) is 5.68. The Morgan fingerprint density at radius 2 is 1.86 bits per heavy atom. The Bertz CT molecular complexity index is 628. The molecule has 112 valence electrons. The van der Waals surface area contributed by atoms with E-state index in [2.05, 4.69) is 22.9 Å². The van der Waals surface area contributed by atoms with Gasteiger partial charge in [-0.25, -0.2) is 0 Å². The van der Waals surface area contributed by atoms with Crippen LogP contribution in [0.25, 0.3) is 0 Å². The second-order valence-electron chi connectivity index (χ2n) is 4.95. The maximum Gasteiger partial charge on any atom is 0.133 e. The summed E-state index contributed by atoms with van der Waals surface area (Å²) in [6.45, 7) is 4.68. The van der Waals surface area contributed by atoms with Gasteiger partial charge in [0.2, 0.25) is 0 Å². The predicted octanol–water partition coefficient (Wildman–Crippen LogP) is 5.28. The molecule has 0 heterocycles. The van der Waals surface area contributed by atoms with Crippen molar-refractivity contribution in [3.05, 3.63) is 62.6 Å². The first kappa shape index (κ1) is 16.3. The van der Waals surface area contributed by atoms with Gasteiger partial charge in [0.1, 0.15) is 11.9 Å². The van der Waals surface area contributed by atoms with E-state index in [1.54, 1.807) is 6.07 Å². The zero-order valence-corrected chi connectivity index (χ0v) is 14.4. The van der Waals surface area contributed by atoms with Gasteiger partial charge in [-0.3, -0.25) is 0 Å². The SMILES string of the molecule is CCCOc1ccc(C(O)c2ccc(C)c(Cl)c2)cc1Br. The molecule has 1 N–H and O–H groups in total. The molecule has 0 spiro atoms. The molecule has 1 unspecified atom stereocenters. The number of aliphatic hydroxyl groups excluding tert-OH is 1. The minimum atomic E-state index is -0.709. The van der Waals surface area contributed by atoms with E-state index in [1.807, 2.05) is 37.3 Å². The molecule has 2 rings (SSSR count). The van der Waals surface area contributed by atoms with Gasteiger partial charge in [0, 0.05) is 5.02 Å². The van der Waals surface area contributed by atoms with Crippen molar-refractivity contribution in [2.75, 3.05) is 6.61 Å². The molecule has 0 aromatic heterocycles. The van der Waals surface area contributed by atoms with Gasteiger partial charge in [-0.1, -0.05) is 36.7 Å². The van der Waals surface area contributed by atoms with Gasteiger partial charge in [-0.05, 0) is 64.2 Å². The van der Waals surface area contributed by atoms with E-state index < -0.39 is 6.10 Å². The molecular weight excluding hydrogens is 352 g/mol. The maximum atomic E-state index is 10.5. The second-order valence-corrected chi connectivity index (χ2v) is 6.21. The van der Waals surface area contributed by atoms with Crippen molar-refractivity contribution in [1.82, 2.24) is 0 Å². The molecule has 21 heavy (non-hydrogen) atoms. The van der Waals surface area contributed by atoms with Crippen LogP contribution in [0.4, 0.5) is 0 Å². The van der Waals surface area contributed by atoms with Crippen LogP contribution in [0.15, 0.2) is 40.9 Å². The third kappa shape index (κ3) is 4.00. The molecule has 0 saturated carbocycles.